The fourth-order valence-corrected chi connectivity index (χ4v) is 2.30. The lowest BCUT2D eigenvalue weighted by Gasteiger charge is -2.10. The quantitative estimate of drug-likeness (QED) is 0.849. The first kappa shape index (κ1) is 11.2. The molecule has 1 atom stereocenters. The number of anilines is 1. The Balaban J connectivity index is 3.06. The third kappa shape index (κ3) is 3.05. The zero-order chi connectivity index (χ0) is 10.0. The minimum Gasteiger partial charge on any atom is -0.755 e. The van der Waals surface area contributed by atoms with Crippen molar-refractivity contribution in [3.63, 3.8) is 0 Å². The lowest BCUT2D eigenvalue weighted by Crippen LogP contribution is -2.02. The van der Waals surface area contributed by atoms with Gasteiger partial charge >= 0.3 is 0 Å². The Morgan fingerprint density at radius 3 is 2.23 bits per heavy atom. The Morgan fingerprint density at radius 2 is 1.85 bits per heavy atom. The van der Waals surface area contributed by atoms with Crippen LogP contribution in [-0.4, -0.2) is 8.76 Å². The summed E-state index contributed by atoms with van der Waals surface area (Å²) in [6.07, 6.45) is 0. The first-order valence-electron chi connectivity index (χ1n) is 3.32. The van der Waals surface area contributed by atoms with Crippen LogP contribution < -0.4 is 4.72 Å². The zero-order valence-electron chi connectivity index (χ0n) is 6.64. The fourth-order valence-electron chi connectivity index (χ4n) is 0.800. The molecule has 1 aromatic carbocycles. The standard InChI is InChI=1S/C7H7Br2NO2S/c1-4-6(8)2-5(3-7(4)9)10-13(11)12/h2-3,10H,1H3,(H,11,12)/p-1. The van der Waals surface area contributed by atoms with Crippen molar-refractivity contribution in [2.75, 3.05) is 4.72 Å². The third-order valence-corrected chi connectivity index (χ3v) is 3.53. The zero-order valence-corrected chi connectivity index (χ0v) is 10.6. The van der Waals surface area contributed by atoms with E-state index < -0.39 is 11.3 Å². The van der Waals surface area contributed by atoms with Gasteiger partial charge in [-0.1, -0.05) is 31.9 Å². The minimum atomic E-state index is -2.28. The van der Waals surface area contributed by atoms with Gasteiger partial charge in [-0.05, 0) is 24.6 Å². The van der Waals surface area contributed by atoms with E-state index in [-0.39, 0.29) is 0 Å². The van der Waals surface area contributed by atoms with E-state index in [2.05, 4.69) is 36.6 Å². The molecular weight excluding hydrogens is 322 g/mol. The summed E-state index contributed by atoms with van der Waals surface area (Å²) < 4.78 is 24.7. The van der Waals surface area contributed by atoms with Gasteiger partial charge in [-0.15, -0.1) is 0 Å². The van der Waals surface area contributed by atoms with E-state index in [1.165, 1.54) is 0 Å². The molecule has 72 valence electrons. The van der Waals surface area contributed by atoms with E-state index in [1.54, 1.807) is 12.1 Å². The first-order valence-corrected chi connectivity index (χ1v) is 5.98. The topological polar surface area (TPSA) is 52.2 Å². The van der Waals surface area contributed by atoms with Gasteiger partial charge < -0.3 is 9.27 Å². The van der Waals surface area contributed by atoms with Crippen molar-refractivity contribution < 1.29 is 8.76 Å². The molecule has 1 N–H and O–H groups in total. The smallest absolute Gasteiger partial charge is 0.0475 e. The molecule has 0 aliphatic carbocycles. The highest BCUT2D eigenvalue weighted by Gasteiger charge is 2.02. The van der Waals surface area contributed by atoms with E-state index in [1.807, 2.05) is 6.92 Å². The van der Waals surface area contributed by atoms with E-state index in [4.69, 9.17) is 0 Å². The van der Waals surface area contributed by atoms with Crippen molar-refractivity contribution in [3.8, 4) is 0 Å². The summed E-state index contributed by atoms with van der Waals surface area (Å²) in [6, 6.07) is 3.41. The Labute approximate surface area is 95.6 Å². The highest BCUT2D eigenvalue weighted by Crippen LogP contribution is 2.28. The molecule has 0 spiro atoms. The summed E-state index contributed by atoms with van der Waals surface area (Å²) in [5.41, 5.74) is 1.56. The Bertz CT molecular complexity index is 333. The molecule has 0 saturated heterocycles. The van der Waals surface area contributed by atoms with Crippen LogP contribution in [0, 0.1) is 6.92 Å². The van der Waals surface area contributed by atoms with Crippen LogP contribution in [0.15, 0.2) is 21.1 Å². The van der Waals surface area contributed by atoms with Gasteiger partial charge in [0.25, 0.3) is 0 Å². The van der Waals surface area contributed by atoms with Crippen molar-refractivity contribution in [2.45, 2.75) is 6.92 Å². The normalized spacial score (nSPS) is 12.6. The summed E-state index contributed by atoms with van der Waals surface area (Å²) in [4.78, 5) is 0. The monoisotopic (exact) mass is 326 g/mol. The predicted molar refractivity (Wildman–Crippen MR) is 59.1 cm³/mol. The molecule has 3 nitrogen and oxygen atoms in total. The van der Waals surface area contributed by atoms with E-state index in [9.17, 15) is 8.76 Å². The van der Waals surface area contributed by atoms with Gasteiger partial charge in [0.15, 0.2) is 0 Å². The number of halogens is 2. The average molecular weight is 328 g/mol. The summed E-state index contributed by atoms with van der Waals surface area (Å²) in [7, 11) is 0. The fraction of sp³-hybridized carbons (Fsp3) is 0.143. The largest absolute Gasteiger partial charge is 0.755 e. The summed E-state index contributed by atoms with van der Waals surface area (Å²) >= 11 is 4.35. The van der Waals surface area contributed by atoms with Crippen molar-refractivity contribution in [3.05, 3.63) is 26.6 Å². The molecule has 1 unspecified atom stereocenters. The van der Waals surface area contributed by atoms with Gasteiger partial charge in [-0.25, -0.2) is 0 Å². The molecule has 0 fully saturated rings. The third-order valence-electron chi connectivity index (χ3n) is 1.48. The second-order valence-corrected chi connectivity index (χ2v) is 4.78. The Morgan fingerprint density at radius 1 is 1.38 bits per heavy atom. The van der Waals surface area contributed by atoms with Crippen LogP contribution in [0.5, 0.6) is 0 Å². The maximum absolute atomic E-state index is 10.3. The van der Waals surface area contributed by atoms with Crippen molar-refractivity contribution in [1.29, 1.82) is 0 Å². The second kappa shape index (κ2) is 4.54. The highest BCUT2D eigenvalue weighted by atomic mass is 79.9. The van der Waals surface area contributed by atoms with Gasteiger partial charge in [0, 0.05) is 25.9 Å². The molecule has 0 heterocycles. The molecular formula is C7H6Br2NO2S-. The molecule has 0 aliphatic rings. The summed E-state index contributed by atoms with van der Waals surface area (Å²) in [5, 5.41) is 0. The number of benzene rings is 1. The first-order chi connectivity index (χ1) is 6.00. The molecule has 0 aliphatic heterocycles. The number of rotatable bonds is 2. The van der Waals surface area contributed by atoms with Gasteiger partial charge in [-0.2, -0.15) is 0 Å². The molecule has 0 radical (unpaired) electrons. The number of nitrogens with one attached hydrogen (secondary N) is 1. The van der Waals surface area contributed by atoms with Gasteiger partial charge in [-0.3, -0.25) is 4.21 Å². The van der Waals surface area contributed by atoms with E-state index >= 15 is 0 Å². The van der Waals surface area contributed by atoms with Crippen LogP contribution in [0.2, 0.25) is 0 Å². The molecule has 1 rings (SSSR count). The Kier molecular flexibility index (Phi) is 3.90. The lowest BCUT2D eigenvalue weighted by atomic mass is 10.2. The molecule has 0 saturated carbocycles. The van der Waals surface area contributed by atoms with Crippen LogP contribution in [0.4, 0.5) is 5.69 Å². The van der Waals surface area contributed by atoms with Crippen molar-refractivity contribution in [2.24, 2.45) is 0 Å². The molecule has 6 heteroatoms. The lowest BCUT2D eigenvalue weighted by molar-refractivity contribution is 0.542. The maximum atomic E-state index is 10.3. The Hall–Kier alpha value is 0.0900. The second-order valence-electron chi connectivity index (χ2n) is 2.40. The summed E-state index contributed by atoms with van der Waals surface area (Å²) in [5.74, 6) is 0. The van der Waals surface area contributed by atoms with Gasteiger partial charge in [0.05, 0.1) is 0 Å². The van der Waals surface area contributed by atoms with E-state index in [0.717, 1.165) is 14.5 Å². The molecule has 13 heavy (non-hydrogen) atoms. The highest BCUT2D eigenvalue weighted by molar-refractivity contribution is 9.11. The molecule has 0 aromatic heterocycles. The predicted octanol–water partition coefficient (Wildman–Crippen LogP) is 2.73. The van der Waals surface area contributed by atoms with Crippen LogP contribution >= 0.6 is 31.9 Å². The van der Waals surface area contributed by atoms with Crippen molar-refractivity contribution >= 4 is 48.8 Å². The van der Waals surface area contributed by atoms with E-state index in [0.29, 0.717) is 5.69 Å². The molecule has 1 aromatic rings. The van der Waals surface area contributed by atoms with Crippen LogP contribution in [0.25, 0.3) is 0 Å². The molecule has 0 amide bonds. The van der Waals surface area contributed by atoms with Crippen LogP contribution in [0.3, 0.4) is 0 Å². The maximum Gasteiger partial charge on any atom is 0.0475 e. The van der Waals surface area contributed by atoms with Crippen LogP contribution in [0.1, 0.15) is 5.56 Å². The van der Waals surface area contributed by atoms with Crippen LogP contribution in [-0.2, 0) is 11.3 Å². The number of hydrogen-bond acceptors (Lipinski definition) is 2. The SMILES string of the molecule is Cc1c(Br)cc(NS(=O)[O-])cc1Br. The minimum absolute atomic E-state index is 0.526. The van der Waals surface area contributed by atoms with Gasteiger partial charge in [0.2, 0.25) is 0 Å². The van der Waals surface area contributed by atoms with Crippen molar-refractivity contribution in [1.82, 2.24) is 0 Å². The number of hydrogen-bond donors (Lipinski definition) is 1. The van der Waals surface area contributed by atoms with Gasteiger partial charge in [0.1, 0.15) is 0 Å². The average Bonchev–Trinajstić information content (AvgIpc) is 1.98. The summed E-state index contributed by atoms with van der Waals surface area (Å²) in [6.45, 7) is 1.92. The molecule has 0 bridgehead atoms.